The number of nitrogens with one attached hydrogen (secondary N) is 3. The number of carbonyl (C=O) groups excluding carboxylic acids is 1. The number of H-pyrrole nitrogens is 1. The number of aromatic amines is 1. The second-order valence-corrected chi connectivity index (χ2v) is 4.44. The quantitative estimate of drug-likeness (QED) is 0.696. The van der Waals surface area contributed by atoms with Gasteiger partial charge in [0.1, 0.15) is 5.52 Å². The van der Waals surface area contributed by atoms with Crippen LogP contribution in [0.2, 0.25) is 5.15 Å². The van der Waals surface area contributed by atoms with Crippen molar-refractivity contribution in [1.29, 1.82) is 0 Å². The van der Waals surface area contributed by atoms with Crippen LogP contribution in [0.15, 0.2) is 6.33 Å². The lowest BCUT2D eigenvalue weighted by Crippen LogP contribution is -2.36. The summed E-state index contributed by atoms with van der Waals surface area (Å²) in [5.41, 5.74) is 0.998. The molecule has 94 valence electrons. The zero-order valence-corrected chi connectivity index (χ0v) is 10.2. The molecule has 1 saturated heterocycles. The van der Waals surface area contributed by atoms with E-state index in [0.717, 1.165) is 19.4 Å². The van der Waals surface area contributed by atoms with Gasteiger partial charge in [0.05, 0.1) is 12.4 Å². The second-order valence-electron chi connectivity index (χ2n) is 4.08. The Hall–Kier alpha value is -1.73. The molecule has 1 aliphatic heterocycles. The van der Waals surface area contributed by atoms with Crippen LogP contribution < -0.4 is 10.6 Å². The molecule has 7 nitrogen and oxygen atoms in total. The number of fused-ring (bicyclic) bond motifs is 1. The molecule has 0 unspecified atom stereocenters. The highest BCUT2D eigenvalue weighted by atomic mass is 35.5. The molecule has 2 aromatic heterocycles. The van der Waals surface area contributed by atoms with Gasteiger partial charge in [0.25, 0.3) is 0 Å². The van der Waals surface area contributed by atoms with E-state index in [2.05, 4.69) is 30.6 Å². The fraction of sp³-hybridized carbons (Fsp3) is 0.400. The predicted molar refractivity (Wildman–Crippen MR) is 66.3 cm³/mol. The van der Waals surface area contributed by atoms with E-state index in [-0.39, 0.29) is 23.1 Å². The molecule has 3 rings (SSSR count). The lowest BCUT2D eigenvalue weighted by Gasteiger charge is -2.09. The van der Waals surface area contributed by atoms with Crippen LogP contribution in [0.1, 0.15) is 12.8 Å². The van der Waals surface area contributed by atoms with Gasteiger partial charge in [-0.15, -0.1) is 0 Å². The van der Waals surface area contributed by atoms with Crippen LogP contribution in [0.4, 0.5) is 5.95 Å². The summed E-state index contributed by atoms with van der Waals surface area (Å²) in [7, 11) is 0. The minimum absolute atomic E-state index is 0.140. The van der Waals surface area contributed by atoms with E-state index >= 15 is 0 Å². The number of aromatic nitrogens is 4. The van der Waals surface area contributed by atoms with E-state index in [0.29, 0.717) is 11.2 Å². The van der Waals surface area contributed by atoms with E-state index < -0.39 is 0 Å². The maximum absolute atomic E-state index is 11.9. The van der Waals surface area contributed by atoms with E-state index in [4.69, 9.17) is 11.6 Å². The third-order valence-electron chi connectivity index (χ3n) is 2.85. The number of amides is 1. The first-order valence-electron chi connectivity index (χ1n) is 5.65. The summed E-state index contributed by atoms with van der Waals surface area (Å²) in [6.45, 7) is 0.859. The van der Waals surface area contributed by atoms with E-state index in [1.54, 1.807) is 0 Å². The van der Waals surface area contributed by atoms with Gasteiger partial charge in [0.2, 0.25) is 11.9 Å². The molecule has 0 radical (unpaired) electrons. The molecule has 0 saturated carbocycles. The highest BCUT2D eigenvalue weighted by molar-refractivity contribution is 6.33. The summed E-state index contributed by atoms with van der Waals surface area (Å²) in [5.74, 6) is 0.0387. The molecule has 2 aromatic rings. The van der Waals surface area contributed by atoms with Gasteiger partial charge in [-0.25, -0.2) is 4.98 Å². The molecule has 1 aliphatic rings. The monoisotopic (exact) mass is 266 g/mol. The minimum atomic E-state index is -0.178. The first-order chi connectivity index (χ1) is 8.74. The number of carbonyl (C=O) groups is 1. The molecule has 0 aromatic carbocycles. The Balaban J connectivity index is 1.83. The van der Waals surface area contributed by atoms with Crippen molar-refractivity contribution in [3.05, 3.63) is 11.5 Å². The second kappa shape index (κ2) is 4.51. The lowest BCUT2D eigenvalue weighted by atomic mass is 10.2. The lowest BCUT2D eigenvalue weighted by molar-refractivity contribution is -0.117. The smallest absolute Gasteiger partial charge is 0.243 e. The van der Waals surface area contributed by atoms with Gasteiger partial charge in [0.15, 0.2) is 10.8 Å². The van der Waals surface area contributed by atoms with Crippen molar-refractivity contribution in [1.82, 2.24) is 25.3 Å². The van der Waals surface area contributed by atoms with Gasteiger partial charge < -0.3 is 10.3 Å². The van der Waals surface area contributed by atoms with Crippen LogP contribution in [0.5, 0.6) is 0 Å². The van der Waals surface area contributed by atoms with Gasteiger partial charge >= 0.3 is 0 Å². The number of anilines is 1. The van der Waals surface area contributed by atoms with E-state index in [1.807, 2.05) is 0 Å². The van der Waals surface area contributed by atoms with Crippen LogP contribution in [0.25, 0.3) is 11.2 Å². The molecule has 0 aliphatic carbocycles. The molecule has 0 spiro atoms. The summed E-state index contributed by atoms with van der Waals surface area (Å²) in [6, 6.07) is -0.178. The van der Waals surface area contributed by atoms with Crippen molar-refractivity contribution in [2.75, 3.05) is 11.9 Å². The standard InChI is InChI=1S/C10H11ClN6O/c11-7-6-8(14-4-13-6)16-10(15-7)17-9(18)5-2-1-3-12-5/h4-5,12H,1-3H2,(H2,13,14,15,16,17,18)/t5-/m0/s1. The Morgan fingerprint density at radius 1 is 1.50 bits per heavy atom. The van der Waals surface area contributed by atoms with Gasteiger partial charge in [-0.1, -0.05) is 11.6 Å². The Kier molecular flexibility index (Phi) is 2.85. The van der Waals surface area contributed by atoms with Crippen molar-refractivity contribution in [2.45, 2.75) is 18.9 Å². The van der Waals surface area contributed by atoms with E-state index in [1.165, 1.54) is 6.33 Å². The Labute approximate surface area is 107 Å². The summed E-state index contributed by atoms with van der Waals surface area (Å²) < 4.78 is 0. The molecular weight excluding hydrogens is 256 g/mol. The van der Waals surface area contributed by atoms with Crippen molar-refractivity contribution in [3.63, 3.8) is 0 Å². The first-order valence-corrected chi connectivity index (χ1v) is 6.03. The largest absolute Gasteiger partial charge is 0.341 e. The molecule has 8 heteroatoms. The maximum Gasteiger partial charge on any atom is 0.243 e. The Morgan fingerprint density at radius 2 is 2.39 bits per heavy atom. The molecule has 3 heterocycles. The Bertz CT molecular complexity index is 591. The molecular formula is C10H11ClN6O. The molecule has 1 fully saturated rings. The minimum Gasteiger partial charge on any atom is -0.341 e. The number of hydrogen-bond acceptors (Lipinski definition) is 5. The number of imidazole rings is 1. The normalized spacial score (nSPS) is 19.3. The number of nitrogens with zero attached hydrogens (tertiary/aromatic N) is 3. The molecule has 1 atom stereocenters. The molecule has 3 N–H and O–H groups in total. The fourth-order valence-corrected chi connectivity index (χ4v) is 2.18. The summed E-state index contributed by atoms with van der Waals surface area (Å²) in [6.07, 6.45) is 3.30. The van der Waals surface area contributed by atoms with Crippen molar-refractivity contribution in [2.24, 2.45) is 0 Å². The van der Waals surface area contributed by atoms with Crippen molar-refractivity contribution >= 4 is 34.6 Å². The van der Waals surface area contributed by atoms with Gasteiger partial charge in [-0.05, 0) is 19.4 Å². The average Bonchev–Trinajstić information content (AvgIpc) is 2.99. The third kappa shape index (κ3) is 2.02. The molecule has 1 amide bonds. The fourth-order valence-electron chi connectivity index (χ4n) is 1.96. The Morgan fingerprint density at radius 3 is 3.17 bits per heavy atom. The zero-order chi connectivity index (χ0) is 12.5. The zero-order valence-electron chi connectivity index (χ0n) is 9.40. The van der Waals surface area contributed by atoms with Crippen LogP contribution in [0, 0.1) is 0 Å². The highest BCUT2D eigenvalue weighted by Crippen LogP contribution is 2.18. The van der Waals surface area contributed by atoms with Crippen LogP contribution in [0.3, 0.4) is 0 Å². The molecule has 18 heavy (non-hydrogen) atoms. The number of halogens is 1. The third-order valence-corrected chi connectivity index (χ3v) is 3.13. The highest BCUT2D eigenvalue weighted by Gasteiger charge is 2.23. The SMILES string of the molecule is O=C(Nc1nc(Cl)c2[nH]cnc2n1)[C@@H]1CCCN1. The number of hydrogen-bond donors (Lipinski definition) is 3. The van der Waals surface area contributed by atoms with Crippen LogP contribution in [-0.2, 0) is 4.79 Å². The van der Waals surface area contributed by atoms with Crippen LogP contribution >= 0.6 is 11.6 Å². The van der Waals surface area contributed by atoms with Crippen LogP contribution in [-0.4, -0.2) is 38.4 Å². The summed E-state index contributed by atoms with van der Waals surface area (Å²) in [4.78, 5) is 26.8. The van der Waals surface area contributed by atoms with Gasteiger partial charge in [-0.3, -0.25) is 10.1 Å². The first kappa shape index (κ1) is 11.4. The van der Waals surface area contributed by atoms with Gasteiger partial charge in [-0.2, -0.15) is 9.97 Å². The topological polar surface area (TPSA) is 95.6 Å². The van der Waals surface area contributed by atoms with E-state index in [9.17, 15) is 4.79 Å². The van der Waals surface area contributed by atoms with Crippen molar-refractivity contribution in [3.8, 4) is 0 Å². The summed E-state index contributed by atoms with van der Waals surface area (Å²) >= 11 is 5.96. The average molecular weight is 267 g/mol. The van der Waals surface area contributed by atoms with Crippen molar-refractivity contribution < 1.29 is 4.79 Å². The predicted octanol–water partition coefficient (Wildman–Crippen LogP) is 0.697. The summed E-state index contributed by atoms with van der Waals surface area (Å²) in [5, 5.41) is 5.99. The van der Waals surface area contributed by atoms with Gasteiger partial charge in [0, 0.05) is 0 Å². The maximum atomic E-state index is 11.9. The number of rotatable bonds is 2. The molecule has 0 bridgehead atoms.